The van der Waals surface area contributed by atoms with Crippen LogP contribution in [0.5, 0.6) is 0 Å². The molecule has 0 aliphatic carbocycles. The Morgan fingerprint density at radius 1 is 1.04 bits per heavy atom. The van der Waals surface area contributed by atoms with E-state index in [1.165, 1.54) is 0 Å². The maximum Gasteiger partial charge on any atom is 0.319 e. The first kappa shape index (κ1) is 18.4. The minimum atomic E-state index is -3.69. The minimum Gasteiger partial charge on any atom is -0.460 e. The monoisotopic (exact) mass is 346 g/mol. The van der Waals surface area contributed by atoms with Crippen LogP contribution in [0.1, 0.15) is 30.9 Å². The average Bonchev–Trinajstić information content (AvgIpc) is 2.59. The standard InChI is InChI=1S/C19H23O4P/c1-2-9-18(19(20)23-14-16-10-5-3-6-11-16)24(21,22)15-17-12-7-4-8-13-17/h3-8,10-13,18H,2,9,14-15H2,1H3,(H,21,22). The van der Waals surface area contributed by atoms with E-state index in [0.717, 1.165) is 11.1 Å². The van der Waals surface area contributed by atoms with E-state index >= 15 is 0 Å². The van der Waals surface area contributed by atoms with E-state index in [1.807, 2.05) is 55.5 Å². The van der Waals surface area contributed by atoms with Gasteiger partial charge in [-0.05, 0) is 17.5 Å². The van der Waals surface area contributed by atoms with Crippen molar-refractivity contribution in [3.8, 4) is 0 Å². The van der Waals surface area contributed by atoms with Gasteiger partial charge in [0, 0.05) is 0 Å². The highest BCUT2D eigenvalue weighted by atomic mass is 31.2. The lowest BCUT2D eigenvalue weighted by Gasteiger charge is -2.21. The van der Waals surface area contributed by atoms with Crippen LogP contribution in [0.4, 0.5) is 0 Å². The third-order valence-corrected chi connectivity index (χ3v) is 6.06. The second-order valence-electron chi connectivity index (χ2n) is 5.80. The minimum absolute atomic E-state index is 0.0149. The first-order valence-corrected chi connectivity index (χ1v) is 10.0. The van der Waals surface area contributed by atoms with Crippen LogP contribution in [-0.2, 0) is 26.9 Å². The van der Waals surface area contributed by atoms with Crippen molar-refractivity contribution in [2.45, 2.75) is 38.2 Å². The molecule has 1 N–H and O–H groups in total. The zero-order valence-electron chi connectivity index (χ0n) is 13.8. The van der Waals surface area contributed by atoms with Gasteiger partial charge in [-0.25, -0.2) is 0 Å². The van der Waals surface area contributed by atoms with Gasteiger partial charge in [-0.1, -0.05) is 74.0 Å². The molecule has 2 aromatic rings. The summed E-state index contributed by atoms with van der Waals surface area (Å²) in [5, 5.41) is 0. The summed E-state index contributed by atoms with van der Waals surface area (Å²) in [5.74, 6) is -0.595. The van der Waals surface area contributed by atoms with Crippen LogP contribution in [0.2, 0.25) is 0 Å². The summed E-state index contributed by atoms with van der Waals surface area (Å²) in [6.07, 6.45) is 0.970. The summed E-state index contributed by atoms with van der Waals surface area (Å²) < 4.78 is 18.1. The first-order chi connectivity index (χ1) is 11.5. The Bertz CT molecular complexity index is 685. The predicted octanol–water partition coefficient (Wildman–Crippen LogP) is 4.37. The van der Waals surface area contributed by atoms with Gasteiger partial charge in [0.1, 0.15) is 12.3 Å². The number of benzene rings is 2. The zero-order chi connectivity index (χ0) is 17.4. The molecule has 0 fully saturated rings. The van der Waals surface area contributed by atoms with Crippen LogP contribution in [0.15, 0.2) is 60.7 Å². The van der Waals surface area contributed by atoms with Crippen LogP contribution in [-0.4, -0.2) is 16.5 Å². The number of esters is 1. The molecule has 2 atom stereocenters. The Morgan fingerprint density at radius 2 is 1.58 bits per heavy atom. The van der Waals surface area contributed by atoms with Crippen LogP contribution in [0, 0.1) is 0 Å². The molecular weight excluding hydrogens is 323 g/mol. The highest BCUT2D eigenvalue weighted by Crippen LogP contribution is 2.51. The molecule has 0 bridgehead atoms. The number of carbonyl (C=O) groups is 1. The maximum atomic E-state index is 12.8. The van der Waals surface area contributed by atoms with Crippen molar-refractivity contribution in [2.75, 3.05) is 0 Å². The van der Waals surface area contributed by atoms with E-state index in [0.29, 0.717) is 12.8 Å². The molecule has 4 nitrogen and oxygen atoms in total. The molecule has 24 heavy (non-hydrogen) atoms. The summed E-state index contributed by atoms with van der Waals surface area (Å²) in [6, 6.07) is 18.4. The summed E-state index contributed by atoms with van der Waals surface area (Å²) in [5.41, 5.74) is 0.628. The number of carbonyl (C=O) groups excluding carboxylic acids is 1. The molecular formula is C19H23O4P. The normalized spacial score (nSPS) is 14.6. The molecule has 2 unspecified atom stereocenters. The van der Waals surface area contributed by atoms with Crippen molar-refractivity contribution in [2.24, 2.45) is 0 Å². The molecule has 5 heteroatoms. The van der Waals surface area contributed by atoms with Crippen molar-refractivity contribution in [3.05, 3.63) is 71.8 Å². The van der Waals surface area contributed by atoms with Crippen molar-refractivity contribution in [1.29, 1.82) is 0 Å². The van der Waals surface area contributed by atoms with Crippen molar-refractivity contribution < 1.29 is 19.0 Å². The SMILES string of the molecule is CCCC(C(=O)OCc1ccccc1)P(=O)(O)Cc1ccccc1. The predicted molar refractivity (Wildman–Crippen MR) is 94.9 cm³/mol. The Kier molecular flexibility index (Phi) is 6.77. The lowest BCUT2D eigenvalue weighted by atomic mass is 10.2. The molecule has 0 spiro atoms. The average molecular weight is 346 g/mol. The number of rotatable bonds is 8. The van der Waals surface area contributed by atoms with Gasteiger partial charge in [0.05, 0.1) is 6.16 Å². The number of ether oxygens (including phenoxy) is 1. The highest BCUT2D eigenvalue weighted by Gasteiger charge is 2.37. The number of hydrogen-bond acceptors (Lipinski definition) is 3. The smallest absolute Gasteiger partial charge is 0.319 e. The third-order valence-electron chi connectivity index (χ3n) is 3.80. The highest BCUT2D eigenvalue weighted by molar-refractivity contribution is 7.59. The zero-order valence-corrected chi connectivity index (χ0v) is 14.7. The van der Waals surface area contributed by atoms with Crippen LogP contribution < -0.4 is 0 Å². The van der Waals surface area contributed by atoms with Gasteiger partial charge in [0.15, 0.2) is 0 Å². The maximum absolute atomic E-state index is 12.8. The van der Waals surface area contributed by atoms with Gasteiger partial charge in [-0.15, -0.1) is 0 Å². The fourth-order valence-corrected chi connectivity index (χ4v) is 4.56. The van der Waals surface area contributed by atoms with E-state index in [9.17, 15) is 14.3 Å². The molecule has 128 valence electrons. The van der Waals surface area contributed by atoms with Crippen molar-refractivity contribution in [3.63, 3.8) is 0 Å². The first-order valence-electron chi connectivity index (χ1n) is 8.09. The summed E-state index contributed by atoms with van der Waals surface area (Å²) in [7, 11) is -3.69. The third kappa shape index (κ3) is 5.33. The quantitative estimate of drug-likeness (QED) is 0.569. The van der Waals surface area contributed by atoms with Crippen LogP contribution >= 0.6 is 7.37 Å². The summed E-state index contributed by atoms with van der Waals surface area (Å²) in [4.78, 5) is 22.9. The Balaban J connectivity index is 2.06. The molecule has 2 rings (SSSR count). The van der Waals surface area contributed by atoms with E-state index in [2.05, 4.69) is 0 Å². The van der Waals surface area contributed by atoms with E-state index in [1.54, 1.807) is 12.1 Å². The summed E-state index contributed by atoms with van der Waals surface area (Å²) in [6.45, 7) is 2.01. The molecule has 0 aromatic heterocycles. The molecule has 0 aliphatic heterocycles. The van der Waals surface area contributed by atoms with Gasteiger partial charge in [0.25, 0.3) is 0 Å². The molecule has 0 saturated heterocycles. The Labute approximate surface area is 142 Å². The molecule has 0 aliphatic rings. The van der Waals surface area contributed by atoms with Crippen molar-refractivity contribution in [1.82, 2.24) is 0 Å². The van der Waals surface area contributed by atoms with E-state index in [-0.39, 0.29) is 12.8 Å². The van der Waals surface area contributed by atoms with E-state index < -0.39 is 19.0 Å². The second-order valence-corrected chi connectivity index (χ2v) is 8.25. The van der Waals surface area contributed by atoms with Crippen molar-refractivity contribution >= 4 is 13.3 Å². The molecule has 0 saturated carbocycles. The van der Waals surface area contributed by atoms with Gasteiger partial charge in [-0.3, -0.25) is 9.36 Å². The van der Waals surface area contributed by atoms with Gasteiger partial charge >= 0.3 is 5.97 Å². The molecule has 2 aromatic carbocycles. The summed E-state index contributed by atoms with van der Waals surface area (Å²) >= 11 is 0. The van der Waals surface area contributed by atoms with Crippen LogP contribution in [0.25, 0.3) is 0 Å². The fourth-order valence-electron chi connectivity index (χ4n) is 2.54. The van der Waals surface area contributed by atoms with E-state index in [4.69, 9.17) is 4.74 Å². The molecule has 0 radical (unpaired) electrons. The Hall–Kier alpha value is -1.90. The van der Waals surface area contributed by atoms with Gasteiger partial charge < -0.3 is 9.63 Å². The molecule has 0 amide bonds. The Morgan fingerprint density at radius 3 is 2.12 bits per heavy atom. The topological polar surface area (TPSA) is 63.6 Å². The van der Waals surface area contributed by atoms with Gasteiger partial charge in [-0.2, -0.15) is 0 Å². The molecule has 0 heterocycles. The number of hydrogen-bond donors (Lipinski definition) is 1. The lowest BCUT2D eigenvalue weighted by Crippen LogP contribution is -2.24. The van der Waals surface area contributed by atoms with Gasteiger partial charge in [0.2, 0.25) is 7.37 Å². The lowest BCUT2D eigenvalue weighted by molar-refractivity contribution is -0.144. The largest absolute Gasteiger partial charge is 0.460 e. The van der Waals surface area contributed by atoms with Crippen LogP contribution in [0.3, 0.4) is 0 Å². The second kappa shape index (κ2) is 8.81. The fraction of sp³-hybridized carbons (Fsp3) is 0.316.